The molecule has 1 saturated heterocycles. The molecule has 1 N–H and O–H groups in total. The number of nitrogens with one attached hydrogen (secondary N) is 1. The number of piperidine rings is 1. The Morgan fingerprint density at radius 1 is 1.33 bits per heavy atom. The monoisotopic (exact) mass is 378 g/mol. The van der Waals surface area contributed by atoms with Gasteiger partial charge in [0.1, 0.15) is 5.60 Å². The van der Waals surface area contributed by atoms with Gasteiger partial charge in [0.25, 0.3) is 5.91 Å². The molecule has 0 unspecified atom stereocenters. The zero-order valence-corrected chi connectivity index (χ0v) is 16.1. The first-order valence-corrected chi connectivity index (χ1v) is 9.46. The van der Waals surface area contributed by atoms with E-state index in [-0.39, 0.29) is 23.8 Å². The maximum atomic E-state index is 13.8. The number of carbonyl (C=O) groups is 2. The Morgan fingerprint density at radius 3 is 2.81 bits per heavy atom. The average Bonchev–Trinajstić information content (AvgIpc) is 3.04. The van der Waals surface area contributed by atoms with Crippen LogP contribution >= 0.6 is 0 Å². The molecule has 2 aliphatic rings. The Bertz CT molecular complexity index is 716. The van der Waals surface area contributed by atoms with Gasteiger partial charge in [-0.2, -0.15) is 0 Å². The molecule has 0 saturated carbocycles. The van der Waals surface area contributed by atoms with Crippen molar-refractivity contribution in [3.63, 3.8) is 0 Å². The number of ether oxygens (including phenoxy) is 2. The van der Waals surface area contributed by atoms with Gasteiger partial charge in [0.05, 0.1) is 6.04 Å². The summed E-state index contributed by atoms with van der Waals surface area (Å²) in [5, 5.41) is 2.86. The van der Waals surface area contributed by atoms with Crippen molar-refractivity contribution in [3.8, 4) is 5.75 Å². The molecule has 1 fully saturated rings. The van der Waals surface area contributed by atoms with Gasteiger partial charge in [-0.25, -0.2) is 9.18 Å². The van der Waals surface area contributed by atoms with Crippen LogP contribution in [0.2, 0.25) is 0 Å². The normalized spacial score (nSPS) is 22.0. The van der Waals surface area contributed by atoms with E-state index in [1.807, 2.05) is 20.8 Å². The molecule has 6 nitrogen and oxygen atoms in total. The largest absolute Gasteiger partial charge is 0.477 e. The van der Waals surface area contributed by atoms with Crippen molar-refractivity contribution in [2.75, 3.05) is 13.1 Å². The van der Waals surface area contributed by atoms with Gasteiger partial charge in [-0.1, -0.05) is 12.1 Å². The van der Waals surface area contributed by atoms with Crippen LogP contribution in [0.5, 0.6) is 5.75 Å². The van der Waals surface area contributed by atoms with Gasteiger partial charge >= 0.3 is 6.09 Å². The predicted octanol–water partition coefficient (Wildman–Crippen LogP) is 3.04. The SMILES string of the molecule is CC(C)(C)OC(=O)N1CCCC[C@H]1CNC(=O)[C@H]1Cc2cccc(F)c2O1. The molecule has 0 aliphatic carbocycles. The second-order valence-corrected chi connectivity index (χ2v) is 8.11. The third-order valence-corrected chi connectivity index (χ3v) is 4.77. The summed E-state index contributed by atoms with van der Waals surface area (Å²) in [6, 6.07) is 4.58. The van der Waals surface area contributed by atoms with Gasteiger partial charge in [0, 0.05) is 25.1 Å². The Balaban J connectivity index is 1.56. The van der Waals surface area contributed by atoms with E-state index >= 15 is 0 Å². The molecule has 0 radical (unpaired) electrons. The number of benzene rings is 1. The van der Waals surface area contributed by atoms with E-state index in [0.29, 0.717) is 25.1 Å². The Labute approximate surface area is 159 Å². The first kappa shape index (κ1) is 19.5. The van der Waals surface area contributed by atoms with Gasteiger partial charge < -0.3 is 19.7 Å². The molecule has 0 bridgehead atoms. The minimum Gasteiger partial charge on any atom is -0.477 e. The molecule has 0 spiro atoms. The lowest BCUT2D eigenvalue weighted by Crippen LogP contribution is -2.52. The molecular weight excluding hydrogens is 351 g/mol. The molecular formula is C20H27FN2O4. The van der Waals surface area contributed by atoms with Crippen molar-refractivity contribution in [1.29, 1.82) is 0 Å². The van der Waals surface area contributed by atoms with Crippen LogP contribution in [0.1, 0.15) is 45.6 Å². The molecule has 2 atom stereocenters. The van der Waals surface area contributed by atoms with Crippen molar-refractivity contribution in [2.24, 2.45) is 0 Å². The van der Waals surface area contributed by atoms with Crippen LogP contribution in [-0.4, -0.2) is 47.7 Å². The van der Waals surface area contributed by atoms with Crippen LogP contribution in [0, 0.1) is 5.82 Å². The lowest BCUT2D eigenvalue weighted by atomic mass is 10.0. The molecule has 27 heavy (non-hydrogen) atoms. The topological polar surface area (TPSA) is 67.9 Å². The third kappa shape index (κ3) is 4.70. The maximum Gasteiger partial charge on any atom is 0.410 e. The summed E-state index contributed by atoms with van der Waals surface area (Å²) in [6.45, 7) is 6.45. The number of carbonyl (C=O) groups excluding carboxylic acids is 2. The average molecular weight is 378 g/mol. The lowest BCUT2D eigenvalue weighted by Gasteiger charge is -2.36. The predicted molar refractivity (Wildman–Crippen MR) is 98.1 cm³/mol. The number of amides is 2. The molecule has 0 aromatic heterocycles. The maximum absolute atomic E-state index is 13.8. The van der Waals surface area contributed by atoms with Crippen LogP contribution in [0.25, 0.3) is 0 Å². The number of rotatable bonds is 3. The van der Waals surface area contributed by atoms with Gasteiger partial charge in [0.2, 0.25) is 0 Å². The van der Waals surface area contributed by atoms with E-state index in [4.69, 9.17) is 9.47 Å². The summed E-state index contributed by atoms with van der Waals surface area (Å²) in [5.41, 5.74) is 0.138. The highest BCUT2D eigenvalue weighted by atomic mass is 19.1. The zero-order valence-electron chi connectivity index (χ0n) is 16.1. The molecule has 148 valence electrons. The van der Waals surface area contributed by atoms with Gasteiger partial charge in [-0.15, -0.1) is 0 Å². The molecule has 1 aromatic rings. The summed E-state index contributed by atoms with van der Waals surface area (Å²) < 4.78 is 24.7. The van der Waals surface area contributed by atoms with Crippen molar-refractivity contribution >= 4 is 12.0 Å². The standard InChI is InChI=1S/C20H27FN2O4/c1-20(2,3)27-19(25)23-10-5-4-8-14(23)12-22-18(24)16-11-13-7-6-9-15(21)17(13)26-16/h6-7,9,14,16H,4-5,8,10-12H2,1-3H3,(H,22,24)/t14-,16+/m0/s1. The summed E-state index contributed by atoms with van der Waals surface area (Å²) >= 11 is 0. The number of halogens is 1. The first-order chi connectivity index (χ1) is 12.7. The van der Waals surface area contributed by atoms with Gasteiger partial charge in [-0.05, 0) is 46.1 Å². The second-order valence-electron chi connectivity index (χ2n) is 8.11. The second kappa shape index (κ2) is 7.74. The minimum atomic E-state index is -0.740. The molecule has 2 amide bonds. The zero-order chi connectivity index (χ0) is 19.6. The van der Waals surface area contributed by atoms with Crippen LogP contribution < -0.4 is 10.1 Å². The summed E-state index contributed by atoms with van der Waals surface area (Å²) in [5.74, 6) is -0.586. The van der Waals surface area contributed by atoms with E-state index in [2.05, 4.69) is 5.32 Å². The third-order valence-electron chi connectivity index (χ3n) is 4.77. The van der Waals surface area contributed by atoms with Crippen LogP contribution in [-0.2, 0) is 16.0 Å². The first-order valence-electron chi connectivity index (χ1n) is 9.46. The van der Waals surface area contributed by atoms with E-state index in [9.17, 15) is 14.0 Å². The minimum absolute atomic E-state index is 0.113. The quantitative estimate of drug-likeness (QED) is 0.878. The van der Waals surface area contributed by atoms with Crippen molar-refractivity contribution in [1.82, 2.24) is 10.2 Å². The number of para-hydroxylation sites is 1. The summed E-state index contributed by atoms with van der Waals surface area (Å²) in [6.07, 6.45) is 1.98. The van der Waals surface area contributed by atoms with Crippen LogP contribution in [0.3, 0.4) is 0 Å². The fourth-order valence-electron chi connectivity index (χ4n) is 3.48. The Hall–Kier alpha value is -2.31. The van der Waals surface area contributed by atoms with Gasteiger partial charge in [0.15, 0.2) is 17.7 Å². The fourth-order valence-corrected chi connectivity index (χ4v) is 3.48. The van der Waals surface area contributed by atoms with Crippen LogP contribution in [0.4, 0.5) is 9.18 Å². The van der Waals surface area contributed by atoms with E-state index in [0.717, 1.165) is 19.3 Å². The number of nitrogens with zero attached hydrogens (tertiary/aromatic N) is 1. The number of likely N-dealkylation sites (tertiary alicyclic amines) is 1. The molecule has 2 heterocycles. The van der Waals surface area contributed by atoms with E-state index in [1.165, 1.54) is 6.07 Å². The highest BCUT2D eigenvalue weighted by molar-refractivity contribution is 5.82. The fraction of sp³-hybridized carbons (Fsp3) is 0.600. The van der Waals surface area contributed by atoms with E-state index < -0.39 is 17.5 Å². The highest BCUT2D eigenvalue weighted by Crippen LogP contribution is 2.31. The van der Waals surface area contributed by atoms with Crippen LogP contribution in [0.15, 0.2) is 18.2 Å². The summed E-state index contributed by atoms with van der Waals surface area (Å²) in [4.78, 5) is 26.6. The molecule has 1 aromatic carbocycles. The number of hydrogen-bond donors (Lipinski definition) is 1. The Kier molecular flexibility index (Phi) is 5.58. The Morgan fingerprint density at radius 2 is 2.11 bits per heavy atom. The lowest BCUT2D eigenvalue weighted by molar-refractivity contribution is -0.127. The molecule has 3 rings (SSSR count). The van der Waals surface area contributed by atoms with E-state index in [1.54, 1.807) is 17.0 Å². The number of hydrogen-bond acceptors (Lipinski definition) is 4. The number of fused-ring (bicyclic) bond motifs is 1. The van der Waals surface area contributed by atoms with Crippen molar-refractivity contribution < 1.29 is 23.5 Å². The van der Waals surface area contributed by atoms with Crippen molar-refractivity contribution in [3.05, 3.63) is 29.6 Å². The van der Waals surface area contributed by atoms with Gasteiger partial charge in [-0.3, -0.25) is 4.79 Å². The molecule has 7 heteroatoms. The van der Waals surface area contributed by atoms with Crippen molar-refractivity contribution in [2.45, 2.75) is 64.2 Å². The smallest absolute Gasteiger partial charge is 0.410 e. The highest BCUT2D eigenvalue weighted by Gasteiger charge is 2.34. The summed E-state index contributed by atoms with van der Waals surface area (Å²) in [7, 11) is 0. The molecule has 2 aliphatic heterocycles.